The third-order valence-corrected chi connectivity index (χ3v) is 4.24. The van der Waals surface area contributed by atoms with E-state index in [0.717, 1.165) is 5.56 Å². The second-order valence-electron chi connectivity index (χ2n) is 6.24. The summed E-state index contributed by atoms with van der Waals surface area (Å²) in [7, 11) is 0. The molecule has 0 aliphatic carbocycles. The van der Waals surface area contributed by atoms with E-state index in [1.165, 1.54) is 25.1 Å². The summed E-state index contributed by atoms with van der Waals surface area (Å²) in [5, 5.41) is 13.5. The molecule has 0 bridgehead atoms. The van der Waals surface area contributed by atoms with Crippen LogP contribution in [0.25, 0.3) is 0 Å². The first kappa shape index (κ1) is 19.2. The van der Waals surface area contributed by atoms with Crippen LogP contribution in [-0.2, 0) is 9.53 Å². The number of amides is 1. The van der Waals surface area contributed by atoms with Crippen molar-refractivity contribution in [3.8, 4) is 11.5 Å². The Labute approximate surface area is 160 Å². The molecule has 0 unspecified atom stereocenters. The summed E-state index contributed by atoms with van der Waals surface area (Å²) >= 11 is 0. The molecule has 0 saturated carbocycles. The summed E-state index contributed by atoms with van der Waals surface area (Å²) in [6.45, 7) is 3.01. The standard InChI is InChI=1S/C19H18N2O7/c1-11-7-14(3-5-15(11)21(24)25)19(23)26-9-18(22)20-12(2)13-4-6-16-17(8-13)28-10-27-16/h3-8,12H,9-10H2,1-2H3,(H,20,22)/t12-/m1/s1. The van der Waals surface area contributed by atoms with Gasteiger partial charge in [-0.05, 0) is 43.7 Å². The van der Waals surface area contributed by atoms with Crippen molar-refractivity contribution >= 4 is 17.6 Å². The van der Waals surface area contributed by atoms with Gasteiger partial charge in [-0.1, -0.05) is 6.07 Å². The minimum absolute atomic E-state index is 0.0909. The van der Waals surface area contributed by atoms with Crippen LogP contribution >= 0.6 is 0 Å². The Morgan fingerprint density at radius 1 is 1.21 bits per heavy atom. The van der Waals surface area contributed by atoms with Crippen molar-refractivity contribution in [1.29, 1.82) is 0 Å². The number of benzene rings is 2. The van der Waals surface area contributed by atoms with Crippen LogP contribution in [0.5, 0.6) is 11.5 Å². The summed E-state index contributed by atoms with van der Waals surface area (Å²) < 4.78 is 15.5. The largest absolute Gasteiger partial charge is 0.454 e. The maximum atomic E-state index is 12.1. The number of carbonyl (C=O) groups excluding carboxylic acids is 2. The molecule has 0 fully saturated rings. The molecule has 1 heterocycles. The van der Waals surface area contributed by atoms with E-state index in [4.69, 9.17) is 14.2 Å². The van der Waals surface area contributed by atoms with Crippen LogP contribution < -0.4 is 14.8 Å². The van der Waals surface area contributed by atoms with E-state index in [2.05, 4.69) is 5.32 Å². The average molecular weight is 386 g/mol. The molecule has 1 aliphatic rings. The number of fused-ring (bicyclic) bond motifs is 1. The average Bonchev–Trinajstić information content (AvgIpc) is 3.13. The molecule has 1 aliphatic heterocycles. The third-order valence-electron chi connectivity index (χ3n) is 4.24. The Bertz CT molecular complexity index is 942. The topological polar surface area (TPSA) is 117 Å². The quantitative estimate of drug-likeness (QED) is 0.461. The van der Waals surface area contributed by atoms with Gasteiger partial charge in [0, 0.05) is 11.6 Å². The predicted octanol–water partition coefficient (Wildman–Crippen LogP) is 2.67. The Balaban J connectivity index is 1.54. The van der Waals surface area contributed by atoms with Crippen LogP contribution in [0, 0.1) is 17.0 Å². The number of carbonyl (C=O) groups is 2. The van der Waals surface area contributed by atoms with Gasteiger partial charge in [0.2, 0.25) is 6.79 Å². The lowest BCUT2D eigenvalue weighted by atomic mass is 10.1. The van der Waals surface area contributed by atoms with Crippen molar-refractivity contribution in [3.05, 3.63) is 63.2 Å². The van der Waals surface area contributed by atoms with E-state index < -0.39 is 23.4 Å². The Hall–Kier alpha value is -3.62. The normalized spacial score (nSPS) is 12.9. The molecule has 2 aromatic rings. The number of hydrogen-bond donors (Lipinski definition) is 1. The number of nitrogens with zero attached hydrogens (tertiary/aromatic N) is 1. The van der Waals surface area contributed by atoms with E-state index >= 15 is 0 Å². The molecule has 1 amide bonds. The molecule has 0 radical (unpaired) electrons. The lowest BCUT2D eigenvalue weighted by Gasteiger charge is -2.15. The fraction of sp³-hybridized carbons (Fsp3) is 0.263. The zero-order chi connectivity index (χ0) is 20.3. The minimum Gasteiger partial charge on any atom is -0.454 e. The van der Waals surface area contributed by atoms with Crippen LogP contribution in [0.2, 0.25) is 0 Å². The van der Waals surface area contributed by atoms with E-state index in [9.17, 15) is 19.7 Å². The Morgan fingerprint density at radius 3 is 2.68 bits per heavy atom. The molecule has 0 saturated heterocycles. The lowest BCUT2D eigenvalue weighted by molar-refractivity contribution is -0.385. The number of aryl methyl sites for hydroxylation is 1. The molecule has 28 heavy (non-hydrogen) atoms. The van der Waals surface area contributed by atoms with Gasteiger partial charge in [0.15, 0.2) is 18.1 Å². The Morgan fingerprint density at radius 2 is 1.96 bits per heavy atom. The van der Waals surface area contributed by atoms with E-state index in [-0.39, 0.29) is 24.1 Å². The van der Waals surface area contributed by atoms with E-state index in [1.54, 1.807) is 19.1 Å². The fourth-order valence-electron chi connectivity index (χ4n) is 2.75. The summed E-state index contributed by atoms with van der Waals surface area (Å²) in [4.78, 5) is 34.4. The van der Waals surface area contributed by atoms with Crippen LogP contribution in [-0.4, -0.2) is 30.2 Å². The number of ether oxygens (including phenoxy) is 3. The van der Waals surface area contributed by atoms with Crippen LogP contribution in [0.1, 0.15) is 34.5 Å². The number of nitrogens with one attached hydrogen (secondary N) is 1. The summed E-state index contributed by atoms with van der Waals surface area (Å²) in [5.74, 6) is 0.0502. The number of rotatable bonds is 6. The van der Waals surface area contributed by atoms with Crippen LogP contribution in [0.4, 0.5) is 5.69 Å². The Kier molecular flexibility index (Phi) is 5.44. The van der Waals surface area contributed by atoms with Gasteiger partial charge in [0.05, 0.1) is 16.5 Å². The first-order valence-electron chi connectivity index (χ1n) is 8.46. The van der Waals surface area contributed by atoms with E-state index in [0.29, 0.717) is 17.1 Å². The molecule has 3 rings (SSSR count). The molecule has 1 atom stereocenters. The fourth-order valence-corrected chi connectivity index (χ4v) is 2.75. The number of hydrogen-bond acceptors (Lipinski definition) is 7. The van der Waals surface area contributed by atoms with Gasteiger partial charge in [-0.2, -0.15) is 0 Å². The van der Waals surface area contributed by atoms with Gasteiger partial charge in [0.1, 0.15) is 0 Å². The predicted molar refractivity (Wildman–Crippen MR) is 97.2 cm³/mol. The van der Waals surface area contributed by atoms with Crippen LogP contribution in [0.3, 0.4) is 0 Å². The number of nitro groups is 1. The first-order chi connectivity index (χ1) is 13.3. The van der Waals surface area contributed by atoms with Gasteiger partial charge in [-0.15, -0.1) is 0 Å². The molecule has 9 nitrogen and oxygen atoms in total. The molecular formula is C19H18N2O7. The van der Waals surface area contributed by atoms with Crippen molar-refractivity contribution in [2.75, 3.05) is 13.4 Å². The van der Waals surface area contributed by atoms with Crippen molar-refractivity contribution in [2.45, 2.75) is 19.9 Å². The molecule has 0 spiro atoms. The smallest absolute Gasteiger partial charge is 0.338 e. The number of nitro benzene ring substituents is 1. The zero-order valence-electron chi connectivity index (χ0n) is 15.3. The van der Waals surface area contributed by atoms with Gasteiger partial charge in [0.25, 0.3) is 11.6 Å². The molecule has 146 valence electrons. The highest BCUT2D eigenvalue weighted by Gasteiger charge is 2.19. The van der Waals surface area contributed by atoms with Crippen molar-refractivity contribution in [2.24, 2.45) is 0 Å². The second-order valence-corrected chi connectivity index (χ2v) is 6.24. The SMILES string of the molecule is Cc1cc(C(=O)OCC(=O)N[C@H](C)c2ccc3c(c2)OCO3)ccc1[N+](=O)[O-]. The first-order valence-corrected chi connectivity index (χ1v) is 8.46. The van der Waals surface area contributed by atoms with Gasteiger partial charge >= 0.3 is 5.97 Å². The molecule has 0 aromatic heterocycles. The molecular weight excluding hydrogens is 368 g/mol. The van der Waals surface area contributed by atoms with Gasteiger partial charge < -0.3 is 19.5 Å². The molecule has 2 aromatic carbocycles. The number of esters is 1. The maximum Gasteiger partial charge on any atom is 0.338 e. The minimum atomic E-state index is -0.733. The van der Waals surface area contributed by atoms with Crippen molar-refractivity contribution in [3.63, 3.8) is 0 Å². The molecule has 1 N–H and O–H groups in total. The second kappa shape index (κ2) is 7.95. The van der Waals surface area contributed by atoms with E-state index in [1.807, 2.05) is 6.07 Å². The molecule has 9 heteroatoms. The maximum absolute atomic E-state index is 12.1. The third kappa shape index (κ3) is 4.20. The summed E-state index contributed by atoms with van der Waals surface area (Å²) in [6, 6.07) is 8.89. The van der Waals surface area contributed by atoms with Gasteiger partial charge in [-0.25, -0.2) is 4.79 Å². The highest BCUT2D eigenvalue weighted by Crippen LogP contribution is 2.34. The zero-order valence-corrected chi connectivity index (χ0v) is 15.3. The summed E-state index contributed by atoms with van der Waals surface area (Å²) in [6.07, 6.45) is 0. The highest BCUT2D eigenvalue weighted by atomic mass is 16.7. The summed E-state index contributed by atoms with van der Waals surface area (Å²) in [5.41, 5.74) is 1.20. The van der Waals surface area contributed by atoms with Gasteiger partial charge in [-0.3, -0.25) is 14.9 Å². The highest BCUT2D eigenvalue weighted by molar-refractivity contribution is 5.91. The van der Waals surface area contributed by atoms with Crippen molar-refractivity contribution < 1.29 is 28.7 Å². The lowest BCUT2D eigenvalue weighted by Crippen LogP contribution is -2.31. The van der Waals surface area contributed by atoms with Crippen molar-refractivity contribution in [1.82, 2.24) is 5.32 Å². The van der Waals surface area contributed by atoms with Crippen LogP contribution in [0.15, 0.2) is 36.4 Å². The monoisotopic (exact) mass is 386 g/mol.